The van der Waals surface area contributed by atoms with Crippen molar-refractivity contribution >= 4 is 11.6 Å². The number of methoxy groups -OCH3 is 1. The lowest BCUT2D eigenvalue weighted by atomic mass is 9.87. The van der Waals surface area contributed by atoms with Crippen molar-refractivity contribution in [2.45, 2.75) is 32.7 Å². The van der Waals surface area contributed by atoms with E-state index in [1.54, 1.807) is 24.2 Å². The Bertz CT molecular complexity index is 924. The highest BCUT2D eigenvalue weighted by atomic mass is 16.5. The molecule has 0 aliphatic heterocycles. The van der Waals surface area contributed by atoms with Crippen molar-refractivity contribution in [3.8, 4) is 5.75 Å². The Hall–Kier alpha value is -3.08. The second kappa shape index (κ2) is 7.66. The van der Waals surface area contributed by atoms with Gasteiger partial charge >= 0.3 is 0 Å². The molecule has 0 saturated heterocycles. The van der Waals surface area contributed by atoms with Gasteiger partial charge in [-0.2, -0.15) is 5.10 Å². The molecule has 0 spiro atoms. The standard InChI is InChI=1S/C22H25N3O2/c1-22(2,3)18-10-11-20(27-4)19(12-18)24-21(26)17-13-23-25(15-17)14-16-8-6-5-7-9-16/h5-13,15H,14H2,1-4H3,(H,24,26). The smallest absolute Gasteiger partial charge is 0.258 e. The van der Waals surface area contributed by atoms with Crippen molar-refractivity contribution in [3.63, 3.8) is 0 Å². The molecule has 0 aliphatic rings. The van der Waals surface area contributed by atoms with E-state index in [2.05, 4.69) is 31.2 Å². The minimum Gasteiger partial charge on any atom is -0.495 e. The zero-order chi connectivity index (χ0) is 19.4. The van der Waals surface area contributed by atoms with Gasteiger partial charge in [-0.05, 0) is 28.7 Å². The molecule has 1 amide bonds. The predicted molar refractivity (Wildman–Crippen MR) is 107 cm³/mol. The van der Waals surface area contributed by atoms with Crippen molar-refractivity contribution in [2.75, 3.05) is 12.4 Å². The van der Waals surface area contributed by atoms with Gasteiger partial charge in [0.2, 0.25) is 0 Å². The summed E-state index contributed by atoms with van der Waals surface area (Å²) >= 11 is 0. The molecule has 0 atom stereocenters. The van der Waals surface area contributed by atoms with Gasteiger partial charge in [-0.1, -0.05) is 57.2 Å². The molecule has 5 nitrogen and oxygen atoms in total. The zero-order valence-electron chi connectivity index (χ0n) is 16.2. The minimum atomic E-state index is -0.210. The maximum Gasteiger partial charge on any atom is 0.258 e. The fourth-order valence-corrected chi connectivity index (χ4v) is 2.80. The van der Waals surface area contributed by atoms with Crippen molar-refractivity contribution in [1.29, 1.82) is 0 Å². The number of benzene rings is 2. The van der Waals surface area contributed by atoms with Gasteiger partial charge in [-0.3, -0.25) is 9.48 Å². The van der Waals surface area contributed by atoms with Crippen LogP contribution in [0.2, 0.25) is 0 Å². The Morgan fingerprint density at radius 1 is 1.15 bits per heavy atom. The molecule has 0 aliphatic carbocycles. The summed E-state index contributed by atoms with van der Waals surface area (Å²) in [5.74, 6) is 0.423. The number of aromatic nitrogens is 2. The molecule has 0 bridgehead atoms. The molecule has 1 aromatic heterocycles. The number of nitrogens with one attached hydrogen (secondary N) is 1. The van der Waals surface area contributed by atoms with Gasteiger partial charge in [0, 0.05) is 6.20 Å². The van der Waals surface area contributed by atoms with Crippen molar-refractivity contribution in [2.24, 2.45) is 0 Å². The van der Waals surface area contributed by atoms with Gasteiger partial charge in [0.25, 0.3) is 5.91 Å². The SMILES string of the molecule is COc1ccc(C(C)(C)C)cc1NC(=O)c1cnn(Cc2ccccc2)c1. The fraction of sp³-hybridized carbons (Fsp3) is 0.273. The topological polar surface area (TPSA) is 56.1 Å². The first-order chi connectivity index (χ1) is 12.9. The third-order valence-electron chi connectivity index (χ3n) is 4.40. The molecular formula is C22H25N3O2. The predicted octanol–water partition coefficient (Wildman–Crippen LogP) is 4.49. The lowest BCUT2D eigenvalue weighted by Gasteiger charge is -2.21. The van der Waals surface area contributed by atoms with Gasteiger partial charge in [0.15, 0.2) is 0 Å². The highest BCUT2D eigenvalue weighted by molar-refractivity contribution is 6.04. The van der Waals surface area contributed by atoms with Crippen LogP contribution in [0, 0.1) is 0 Å². The van der Waals surface area contributed by atoms with Crippen LogP contribution in [0.15, 0.2) is 60.9 Å². The number of carbonyl (C=O) groups excluding carboxylic acids is 1. The van der Waals surface area contributed by atoms with Gasteiger partial charge < -0.3 is 10.1 Å². The number of amides is 1. The van der Waals surface area contributed by atoms with Crippen LogP contribution in [-0.2, 0) is 12.0 Å². The monoisotopic (exact) mass is 363 g/mol. The van der Waals surface area contributed by atoms with Gasteiger partial charge in [0.1, 0.15) is 5.75 Å². The number of anilines is 1. The molecule has 0 unspecified atom stereocenters. The highest BCUT2D eigenvalue weighted by Gasteiger charge is 2.18. The van der Waals surface area contributed by atoms with Crippen LogP contribution in [0.3, 0.4) is 0 Å². The van der Waals surface area contributed by atoms with E-state index in [0.29, 0.717) is 23.5 Å². The van der Waals surface area contributed by atoms with Crippen molar-refractivity contribution in [1.82, 2.24) is 9.78 Å². The summed E-state index contributed by atoms with van der Waals surface area (Å²) in [6, 6.07) is 15.9. The Morgan fingerprint density at radius 3 is 2.56 bits per heavy atom. The third-order valence-corrected chi connectivity index (χ3v) is 4.40. The molecule has 3 rings (SSSR count). The van der Waals surface area contributed by atoms with Gasteiger partial charge in [0.05, 0.1) is 31.1 Å². The molecule has 2 aromatic carbocycles. The molecule has 3 aromatic rings. The number of rotatable bonds is 5. The molecule has 1 N–H and O–H groups in total. The first kappa shape index (κ1) is 18.7. The Labute approximate surface area is 160 Å². The molecule has 5 heteroatoms. The summed E-state index contributed by atoms with van der Waals surface area (Å²) in [4.78, 5) is 12.7. The summed E-state index contributed by atoms with van der Waals surface area (Å²) in [6.07, 6.45) is 3.33. The van der Waals surface area contributed by atoms with Crippen LogP contribution in [0.5, 0.6) is 5.75 Å². The fourth-order valence-electron chi connectivity index (χ4n) is 2.80. The second-order valence-corrected chi connectivity index (χ2v) is 7.53. The van der Waals surface area contributed by atoms with E-state index in [9.17, 15) is 4.79 Å². The van der Waals surface area contributed by atoms with Crippen LogP contribution in [-0.4, -0.2) is 22.8 Å². The normalized spacial score (nSPS) is 11.3. The number of ether oxygens (including phenoxy) is 1. The zero-order valence-corrected chi connectivity index (χ0v) is 16.2. The van der Waals surface area contributed by atoms with Crippen LogP contribution in [0.1, 0.15) is 42.3 Å². The number of hydrogen-bond donors (Lipinski definition) is 1. The average molecular weight is 363 g/mol. The molecule has 1 heterocycles. The maximum atomic E-state index is 12.7. The van der Waals surface area contributed by atoms with E-state index < -0.39 is 0 Å². The molecule has 0 fully saturated rings. The Kier molecular flexibility index (Phi) is 5.31. The highest BCUT2D eigenvalue weighted by Crippen LogP contribution is 2.31. The van der Waals surface area contributed by atoms with Crippen molar-refractivity contribution < 1.29 is 9.53 Å². The molecule has 27 heavy (non-hydrogen) atoms. The Morgan fingerprint density at radius 2 is 1.89 bits per heavy atom. The van der Waals surface area contributed by atoms with Crippen molar-refractivity contribution in [3.05, 3.63) is 77.6 Å². The summed E-state index contributed by atoms with van der Waals surface area (Å²) in [6.45, 7) is 7.02. The van der Waals surface area contributed by atoms with Crippen LogP contribution in [0.4, 0.5) is 5.69 Å². The van der Waals surface area contributed by atoms with E-state index in [-0.39, 0.29) is 11.3 Å². The minimum absolute atomic E-state index is 0.0215. The lowest BCUT2D eigenvalue weighted by molar-refractivity contribution is 0.102. The Balaban J connectivity index is 1.77. The maximum absolute atomic E-state index is 12.7. The number of nitrogens with zero attached hydrogens (tertiary/aromatic N) is 2. The van der Waals surface area contributed by atoms with Crippen LogP contribution < -0.4 is 10.1 Å². The third kappa shape index (κ3) is 4.56. The van der Waals surface area contributed by atoms with Gasteiger partial charge in [-0.25, -0.2) is 0 Å². The summed E-state index contributed by atoms with van der Waals surface area (Å²) in [5.41, 5.74) is 3.40. The van der Waals surface area contributed by atoms with Gasteiger partial charge in [-0.15, -0.1) is 0 Å². The average Bonchev–Trinajstić information content (AvgIpc) is 3.10. The summed E-state index contributed by atoms with van der Waals surface area (Å²) in [7, 11) is 1.60. The molecular weight excluding hydrogens is 338 g/mol. The number of hydrogen-bond acceptors (Lipinski definition) is 3. The largest absolute Gasteiger partial charge is 0.495 e. The molecule has 140 valence electrons. The lowest BCUT2D eigenvalue weighted by Crippen LogP contribution is -2.15. The van der Waals surface area contributed by atoms with E-state index >= 15 is 0 Å². The first-order valence-corrected chi connectivity index (χ1v) is 8.93. The van der Waals surface area contributed by atoms with E-state index in [4.69, 9.17) is 4.74 Å². The summed E-state index contributed by atoms with van der Waals surface area (Å²) < 4.78 is 7.16. The van der Waals surface area contributed by atoms with E-state index in [1.807, 2.05) is 48.5 Å². The van der Waals surface area contributed by atoms with E-state index in [0.717, 1.165) is 11.1 Å². The second-order valence-electron chi connectivity index (χ2n) is 7.53. The van der Waals surface area contributed by atoms with Crippen LogP contribution in [0.25, 0.3) is 0 Å². The molecule has 0 radical (unpaired) electrons. The van der Waals surface area contributed by atoms with Crippen LogP contribution >= 0.6 is 0 Å². The van der Waals surface area contributed by atoms with E-state index in [1.165, 1.54) is 0 Å². The first-order valence-electron chi connectivity index (χ1n) is 8.93. The number of carbonyl (C=O) groups is 1. The quantitative estimate of drug-likeness (QED) is 0.727. The summed E-state index contributed by atoms with van der Waals surface area (Å²) in [5, 5.41) is 7.25. The molecule has 0 saturated carbocycles.